The Morgan fingerprint density at radius 1 is 0.300 bits per heavy atom. The van der Waals surface area contributed by atoms with Gasteiger partial charge in [0.15, 0.2) is 0 Å². The summed E-state index contributed by atoms with van der Waals surface area (Å²) < 4.78 is 126. The van der Waals surface area contributed by atoms with Crippen LogP contribution in [0, 0.1) is 11.6 Å². The molecule has 12 aromatic carbocycles. The summed E-state index contributed by atoms with van der Waals surface area (Å²) in [7, 11) is -4.50. The standard InChI is InChI=1S/C40H30F2N2OSi.C40H32N2OSi/c1-46(2)38-24-22-33(43(29-9-5-3-6-10-29)31-17-13-27(41)14-18-31)25-36(38)39-40(46)35-23-21-34(26-37(35)45-39)44(30-11-7-4-8-12-30)32-19-15-28(42)16-20-32;1-44(2)38-26-24-33(41(29-15-7-3-8-16-29)30-17-9-4-10-18-30)27-36(38)39-40(44)35-25-23-34(28-37(35)43-39)42(31-19-11-5-12-20-31)32-21-13-6-14-22-32/h3-26H,1-2H3;3-28H,1-2H3/i;3D,5D,7D,8D,11D,12D,15D,16D,19D,20D. The van der Waals surface area contributed by atoms with Gasteiger partial charge in [0, 0.05) is 102 Å². The quantitative estimate of drug-likeness (QED) is 0.114. The molecular formula is C80H62F2N4O2Si2. The summed E-state index contributed by atoms with van der Waals surface area (Å²) in [5.74, 6) is 1.06. The fourth-order valence-electron chi connectivity index (χ4n) is 13.1. The first-order valence-corrected chi connectivity index (χ1v) is 35.6. The van der Waals surface area contributed by atoms with Gasteiger partial charge in [-0.1, -0.05) is 147 Å². The van der Waals surface area contributed by atoms with Crippen LogP contribution in [-0.4, -0.2) is 16.1 Å². The molecule has 90 heavy (non-hydrogen) atoms. The van der Waals surface area contributed by atoms with E-state index in [0.717, 1.165) is 77.7 Å². The molecule has 0 bridgehead atoms. The molecule has 0 saturated carbocycles. The number of furan rings is 2. The van der Waals surface area contributed by atoms with Crippen molar-refractivity contribution >= 4 is 127 Å². The van der Waals surface area contributed by atoms with Gasteiger partial charge in [-0.25, -0.2) is 8.78 Å². The Bertz CT molecular complexity index is 5500. The number of fused-ring (bicyclic) bond motifs is 10. The summed E-state index contributed by atoms with van der Waals surface area (Å²) in [6.45, 7) is 9.25. The van der Waals surface area contributed by atoms with Crippen LogP contribution < -0.4 is 40.3 Å². The maximum absolute atomic E-state index is 13.9. The molecule has 10 heteroatoms. The zero-order valence-corrected chi connectivity index (χ0v) is 51.5. The third-order valence-corrected chi connectivity index (χ3v) is 24.2. The van der Waals surface area contributed by atoms with E-state index < -0.39 is 52.4 Å². The molecule has 0 unspecified atom stereocenters. The molecule has 2 aliphatic heterocycles. The zero-order chi connectivity index (χ0) is 69.8. The number of nitrogens with zero attached hydrogens (tertiary/aromatic N) is 4. The van der Waals surface area contributed by atoms with Crippen molar-refractivity contribution < 1.29 is 31.3 Å². The smallest absolute Gasteiger partial charge is 0.136 e. The Morgan fingerprint density at radius 3 is 0.911 bits per heavy atom. The number of hydrogen-bond donors (Lipinski definition) is 0. The normalized spacial score (nSPS) is 14.5. The highest BCUT2D eigenvalue weighted by Gasteiger charge is 2.44. The average molecular weight is 1220 g/mol. The average Bonchev–Trinajstić information content (AvgIpc) is 1.55. The van der Waals surface area contributed by atoms with Gasteiger partial charge in [-0.15, -0.1) is 0 Å². The van der Waals surface area contributed by atoms with E-state index in [-0.39, 0.29) is 47.2 Å². The summed E-state index contributed by atoms with van der Waals surface area (Å²) in [6, 6.07) is 72.3. The second-order valence-electron chi connectivity index (χ2n) is 23.3. The Labute approximate surface area is 539 Å². The first-order chi connectivity index (χ1) is 48.1. The summed E-state index contributed by atoms with van der Waals surface area (Å²) in [5, 5.41) is 6.87. The van der Waals surface area contributed by atoms with Crippen LogP contribution in [0.4, 0.5) is 77.0 Å². The molecule has 0 radical (unpaired) electrons. The molecule has 0 spiro atoms. The van der Waals surface area contributed by atoms with Crippen molar-refractivity contribution in [2.24, 2.45) is 0 Å². The minimum Gasteiger partial charge on any atom is -0.456 e. The van der Waals surface area contributed by atoms with E-state index in [2.05, 4.69) is 84.5 Å². The van der Waals surface area contributed by atoms with Crippen LogP contribution in [0.1, 0.15) is 13.7 Å². The maximum Gasteiger partial charge on any atom is 0.136 e. The minimum atomic E-state index is -2.38. The summed E-state index contributed by atoms with van der Waals surface area (Å²) >= 11 is 0. The number of anilines is 12. The molecule has 2 aliphatic rings. The van der Waals surface area contributed by atoms with E-state index in [9.17, 15) is 8.78 Å². The van der Waals surface area contributed by atoms with Crippen molar-refractivity contribution in [3.05, 3.63) is 315 Å². The fourth-order valence-corrected chi connectivity index (χ4v) is 19.6. The molecule has 2 aromatic heterocycles. The topological polar surface area (TPSA) is 39.2 Å². The van der Waals surface area contributed by atoms with Gasteiger partial charge < -0.3 is 28.4 Å². The SMILES string of the molecule is C[Si]1(C)c2ccc(N(c3ccccc3)c3ccc(F)cc3)cc2-c2oc3cc(N(c4ccccc4)c4ccc(F)cc4)ccc3c21.[2H]c1c([2H])c([2H])c(N(c2ccccc2)c2ccc3c(c2)-c2oc4cc(N(c5ccccc5)c5c([2H])c([2H])c([2H])c([2H])c5[2H])ccc4c2[Si]3(C)C)c([2H])c1[2H]. The van der Waals surface area contributed by atoms with Crippen molar-refractivity contribution in [3.8, 4) is 22.6 Å². The van der Waals surface area contributed by atoms with E-state index in [0.29, 0.717) is 34.1 Å². The number of benzene rings is 12. The largest absolute Gasteiger partial charge is 0.456 e. The third-order valence-electron chi connectivity index (χ3n) is 17.1. The van der Waals surface area contributed by atoms with Crippen LogP contribution in [0.3, 0.4) is 0 Å². The van der Waals surface area contributed by atoms with E-state index in [4.69, 9.17) is 22.5 Å². The molecular weight excluding hydrogens is 1140 g/mol. The lowest BCUT2D eigenvalue weighted by molar-refractivity contribution is 0.627. The van der Waals surface area contributed by atoms with E-state index in [1.807, 2.05) is 158 Å². The highest BCUT2D eigenvalue weighted by Crippen LogP contribution is 2.45. The lowest BCUT2D eigenvalue weighted by Crippen LogP contribution is -2.49. The van der Waals surface area contributed by atoms with Gasteiger partial charge in [0.25, 0.3) is 0 Å². The van der Waals surface area contributed by atoms with Gasteiger partial charge in [0.1, 0.15) is 50.5 Å². The van der Waals surface area contributed by atoms with Crippen LogP contribution in [0.15, 0.2) is 312 Å². The molecule has 6 nitrogen and oxygen atoms in total. The predicted octanol–water partition coefficient (Wildman–Crippen LogP) is 20.6. The van der Waals surface area contributed by atoms with E-state index in [1.165, 1.54) is 34.6 Å². The molecule has 0 saturated heterocycles. The molecule has 16 rings (SSSR count). The van der Waals surface area contributed by atoms with Crippen molar-refractivity contribution in [3.63, 3.8) is 0 Å². The van der Waals surface area contributed by atoms with Crippen molar-refractivity contribution in [2.45, 2.75) is 26.2 Å². The minimum absolute atomic E-state index is 0.0176. The fraction of sp³-hybridized carbons (Fsp3) is 0.0500. The molecule has 0 N–H and O–H groups in total. The van der Waals surface area contributed by atoms with E-state index >= 15 is 0 Å². The highest BCUT2D eigenvalue weighted by atomic mass is 28.3. The maximum atomic E-state index is 13.9. The van der Waals surface area contributed by atoms with Crippen LogP contribution in [0.5, 0.6) is 0 Å². The van der Waals surface area contributed by atoms with Crippen molar-refractivity contribution in [1.29, 1.82) is 0 Å². The van der Waals surface area contributed by atoms with Crippen LogP contribution in [0.25, 0.3) is 44.6 Å². The third kappa shape index (κ3) is 9.87. The number of hydrogen-bond acceptors (Lipinski definition) is 6. The van der Waals surface area contributed by atoms with Gasteiger partial charge >= 0.3 is 0 Å². The van der Waals surface area contributed by atoms with Crippen molar-refractivity contribution in [1.82, 2.24) is 0 Å². The summed E-state index contributed by atoms with van der Waals surface area (Å²) in [6.07, 6.45) is 0. The highest BCUT2D eigenvalue weighted by molar-refractivity contribution is 7.05. The monoisotopic (exact) mass is 1210 g/mol. The van der Waals surface area contributed by atoms with Crippen molar-refractivity contribution in [2.75, 3.05) is 19.6 Å². The molecule has 0 atom stereocenters. The second kappa shape index (κ2) is 22.7. The van der Waals surface area contributed by atoms with Crippen LogP contribution in [-0.2, 0) is 0 Å². The molecule has 4 heterocycles. The van der Waals surface area contributed by atoms with Crippen LogP contribution in [0.2, 0.25) is 26.2 Å². The first-order valence-electron chi connectivity index (χ1n) is 34.6. The first kappa shape index (κ1) is 45.5. The Balaban J connectivity index is 0.000000164. The molecule has 436 valence electrons. The Morgan fingerprint density at radius 2 is 0.578 bits per heavy atom. The van der Waals surface area contributed by atoms with E-state index in [1.54, 1.807) is 21.9 Å². The summed E-state index contributed by atoms with van der Waals surface area (Å²) in [5.41, 5.74) is 11.3. The zero-order valence-electron chi connectivity index (χ0n) is 59.5. The number of rotatable bonds is 12. The number of halogens is 2. The number of para-hydroxylation sites is 6. The van der Waals surface area contributed by atoms with Gasteiger partial charge in [-0.05, 0) is 191 Å². The lowest BCUT2D eigenvalue weighted by Gasteiger charge is -2.27. The van der Waals surface area contributed by atoms with Gasteiger partial charge in [0.2, 0.25) is 0 Å². The lowest BCUT2D eigenvalue weighted by atomic mass is 10.1. The van der Waals surface area contributed by atoms with Gasteiger partial charge in [-0.3, -0.25) is 0 Å². The Kier molecular flexibility index (Phi) is 11.5. The van der Waals surface area contributed by atoms with Gasteiger partial charge in [0.05, 0.1) is 13.7 Å². The van der Waals surface area contributed by atoms with Gasteiger partial charge in [-0.2, -0.15) is 0 Å². The predicted molar refractivity (Wildman–Crippen MR) is 375 cm³/mol. The Hall–Kier alpha value is -10.8. The molecule has 0 amide bonds. The second-order valence-corrected chi connectivity index (χ2v) is 31.8. The summed E-state index contributed by atoms with van der Waals surface area (Å²) in [4.78, 5) is 7.60. The molecule has 14 aromatic rings. The molecule has 0 aliphatic carbocycles. The van der Waals surface area contributed by atoms with Crippen LogP contribution >= 0.6 is 0 Å². The molecule has 0 fully saturated rings.